The minimum Gasteiger partial charge on any atom is -0.459 e. The highest BCUT2D eigenvalue weighted by atomic mass is 19.1. The number of halogens is 1. The molecule has 0 heterocycles. The van der Waals surface area contributed by atoms with E-state index in [1.807, 2.05) is 38.7 Å². The molecule has 0 bridgehead atoms. The Hall–Kier alpha value is -1.42. The second-order valence-electron chi connectivity index (χ2n) is 5.52. The Bertz CT molecular complexity index is 426. The van der Waals surface area contributed by atoms with Gasteiger partial charge < -0.3 is 4.74 Å². The van der Waals surface area contributed by atoms with Crippen LogP contribution in [0.5, 0.6) is 0 Å². The van der Waals surface area contributed by atoms with Crippen molar-refractivity contribution in [3.63, 3.8) is 0 Å². The molecule has 4 heteroatoms. The molecule has 19 heavy (non-hydrogen) atoms. The van der Waals surface area contributed by atoms with E-state index in [0.717, 1.165) is 5.56 Å². The van der Waals surface area contributed by atoms with Crippen LogP contribution in [0.1, 0.15) is 33.3 Å². The zero-order valence-corrected chi connectivity index (χ0v) is 12.1. The fourth-order valence-corrected chi connectivity index (χ4v) is 1.73. The summed E-state index contributed by atoms with van der Waals surface area (Å²) < 4.78 is 18.4. The first-order valence-corrected chi connectivity index (χ1v) is 6.49. The summed E-state index contributed by atoms with van der Waals surface area (Å²) >= 11 is 0. The molecule has 106 valence electrons. The third-order valence-electron chi connectivity index (χ3n) is 2.52. The average molecular weight is 267 g/mol. The normalized spacial score (nSPS) is 11.7. The van der Waals surface area contributed by atoms with Crippen molar-refractivity contribution < 1.29 is 13.9 Å². The van der Waals surface area contributed by atoms with Crippen molar-refractivity contribution in [2.45, 2.75) is 39.8 Å². The van der Waals surface area contributed by atoms with E-state index in [4.69, 9.17) is 4.74 Å². The van der Waals surface area contributed by atoms with Gasteiger partial charge in [-0.15, -0.1) is 0 Å². The molecule has 0 saturated heterocycles. The summed E-state index contributed by atoms with van der Waals surface area (Å²) in [5.41, 5.74) is 0.375. The third-order valence-corrected chi connectivity index (χ3v) is 2.52. The van der Waals surface area contributed by atoms with Gasteiger partial charge in [0.15, 0.2) is 0 Å². The number of carbonyl (C=O) groups excluding carboxylic acids is 1. The maximum Gasteiger partial charge on any atom is 0.320 e. The molecule has 0 aliphatic carbocycles. The van der Waals surface area contributed by atoms with Crippen molar-refractivity contribution >= 4 is 5.97 Å². The second-order valence-corrected chi connectivity index (χ2v) is 5.52. The molecule has 1 aromatic rings. The summed E-state index contributed by atoms with van der Waals surface area (Å²) in [5.74, 6) is -0.517. The van der Waals surface area contributed by atoms with Gasteiger partial charge in [-0.3, -0.25) is 9.69 Å². The van der Waals surface area contributed by atoms with Crippen LogP contribution in [0.2, 0.25) is 0 Å². The van der Waals surface area contributed by atoms with Crippen LogP contribution in [0.3, 0.4) is 0 Å². The van der Waals surface area contributed by atoms with Gasteiger partial charge in [-0.1, -0.05) is 19.1 Å². The first-order chi connectivity index (χ1) is 8.80. The quantitative estimate of drug-likeness (QED) is 0.768. The Morgan fingerprint density at radius 2 is 2.05 bits per heavy atom. The van der Waals surface area contributed by atoms with E-state index in [0.29, 0.717) is 13.1 Å². The minimum atomic E-state index is -0.477. The fourth-order valence-electron chi connectivity index (χ4n) is 1.73. The van der Waals surface area contributed by atoms with Gasteiger partial charge in [-0.25, -0.2) is 4.39 Å². The monoisotopic (exact) mass is 267 g/mol. The van der Waals surface area contributed by atoms with Crippen LogP contribution in [0.4, 0.5) is 4.39 Å². The van der Waals surface area contributed by atoms with Crippen molar-refractivity contribution in [1.29, 1.82) is 0 Å². The van der Waals surface area contributed by atoms with Crippen LogP contribution in [-0.4, -0.2) is 29.6 Å². The molecule has 0 N–H and O–H groups in total. The smallest absolute Gasteiger partial charge is 0.320 e. The summed E-state index contributed by atoms with van der Waals surface area (Å²) in [6.07, 6.45) is 0. The highest BCUT2D eigenvalue weighted by Crippen LogP contribution is 2.10. The Labute approximate surface area is 114 Å². The van der Waals surface area contributed by atoms with Crippen LogP contribution in [-0.2, 0) is 16.1 Å². The van der Waals surface area contributed by atoms with Gasteiger partial charge in [0.25, 0.3) is 0 Å². The van der Waals surface area contributed by atoms with Gasteiger partial charge in [0.1, 0.15) is 11.4 Å². The molecule has 0 radical (unpaired) electrons. The zero-order chi connectivity index (χ0) is 14.5. The SMILES string of the molecule is CCN(CC(=O)OC(C)(C)C)Cc1cccc(F)c1. The van der Waals surface area contributed by atoms with Gasteiger partial charge >= 0.3 is 5.97 Å². The maximum absolute atomic E-state index is 13.1. The number of hydrogen-bond acceptors (Lipinski definition) is 3. The number of likely N-dealkylation sites (N-methyl/N-ethyl adjacent to an activating group) is 1. The summed E-state index contributed by atoms with van der Waals surface area (Å²) in [5, 5.41) is 0. The Kier molecular flexibility index (Phi) is 5.48. The zero-order valence-electron chi connectivity index (χ0n) is 12.1. The van der Waals surface area contributed by atoms with E-state index in [2.05, 4.69) is 0 Å². The lowest BCUT2D eigenvalue weighted by Gasteiger charge is -2.24. The summed E-state index contributed by atoms with van der Waals surface area (Å²) in [7, 11) is 0. The van der Waals surface area contributed by atoms with Crippen LogP contribution >= 0.6 is 0 Å². The molecule has 3 nitrogen and oxygen atoms in total. The third kappa shape index (κ3) is 6.34. The van der Waals surface area contributed by atoms with E-state index < -0.39 is 5.60 Å². The average Bonchev–Trinajstić information content (AvgIpc) is 2.25. The van der Waals surface area contributed by atoms with E-state index in [1.165, 1.54) is 12.1 Å². The van der Waals surface area contributed by atoms with Crippen LogP contribution in [0.15, 0.2) is 24.3 Å². The fraction of sp³-hybridized carbons (Fsp3) is 0.533. The van der Waals surface area contributed by atoms with E-state index in [-0.39, 0.29) is 18.3 Å². The van der Waals surface area contributed by atoms with Gasteiger partial charge in [0.2, 0.25) is 0 Å². The maximum atomic E-state index is 13.1. The molecular formula is C15H22FNO2. The van der Waals surface area contributed by atoms with Crippen molar-refractivity contribution in [2.75, 3.05) is 13.1 Å². The highest BCUT2D eigenvalue weighted by molar-refractivity contribution is 5.72. The topological polar surface area (TPSA) is 29.5 Å². The predicted octanol–water partition coefficient (Wildman–Crippen LogP) is 2.99. The van der Waals surface area contributed by atoms with Crippen LogP contribution in [0.25, 0.3) is 0 Å². The molecule has 0 aliphatic rings. The Morgan fingerprint density at radius 3 is 2.58 bits per heavy atom. The number of esters is 1. The molecule has 0 saturated carbocycles. The summed E-state index contributed by atoms with van der Waals surface area (Å²) in [4.78, 5) is 13.7. The first-order valence-electron chi connectivity index (χ1n) is 6.49. The predicted molar refractivity (Wildman–Crippen MR) is 73.2 cm³/mol. The molecule has 0 unspecified atom stereocenters. The van der Waals surface area contributed by atoms with E-state index in [9.17, 15) is 9.18 Å². The molecule has 0 amide bonds. The van der Waals surface area contributed by atoms with Crippen molar-refractivity contribution in [1.82, 2.24) is 4.90 Å². The Morgan fingerprint density at radius 1 is 1.37 bits per heavy atom. The molecule has 0 aromatic heterocycles. The molecule has 1 aromatic carbocycles. The van der Waals surface area contributed by atoms with Gasteiger partial charge in [-0.05, 0) is 45.0 Å². The number of carbonyl (C=O) groups is 1. The molecule has 0 atom stereocenters. The molecule has 0 fully saturated rings. The summed E-state index contributed by atoms with van der Waals surface area (Å²) in [6, 6.07) is 6.41. The van der Waals surface area contributed by atoms with Crippen LogP contribution in [0, 0.1) is 5.82 Å². The van der Waals surface area contributed by atoms with E-state index in [1.54, 1.807) is 6.07 Å². The van der Waals surface area contributed by atoms with Crippen molar-refractivity contribution in [3.05, 3.63) is 35.6 Å². The van der Waals surface area contributed by atoms with Gasteiger partial charge in [-0.2, -0.15) is 0 Å². The van der Waals surface area contributed by atoms with Gasteiger partial charge in [0, 0.05) is 6.54 Å². The standard InChI is InChI=1S/C15H22FNO2/c1-5-17(11-14(18)19-15(2,3)4)10-12-7-6-8-13(16)9-12/h6-9H,5,10-11H2,1-4H3. The Balaban J connectivity index is 2.57. The highest BCUT2D eigenvalue weighted by Gasteiger charge is 2.18. The lowest BCUT2D eigenvalue weighted by atomic mass is 10.2. The lowest BCUT2D eigenvalue weighted by molar-refractivity contribution is -0.156. The lowest BCUT2D eigenvalue weighted by Crippen LogP contribution is -2.34. The number of hydrogen-bond donors (Lipinski definition) is 0. The molecule has 0 aliphatic heterocycles. The van der Waals surface area contributed by atoms with Crippen molar-refractivity contribution in [2.24, 2.45) is 0 Å². The number of ether oxygens (including phenoxy) is 1. The number of rotatable bonds is 5. The van der Waals surface area contributed by atoms with Crippen molar-refractivity contribution in [3.8, 4) is 0 Å². The number of nitrogens with zero attached hydrogens (tertiary/aromatic N) is 1. The summed E-state index contributed by atoms with van der Waals surface area (Å²) in [6.45, 7) is 8.94. The largest absolute Gasteiger partial charge is 0.459 e. The molecule has 1 rings (SSSR count). The van der Waals surface area contributed by atoms with Gasteiger partial charge in [0.05, 0.1) is 6.54 Å². The molecule has 0 spiro atoms. The minimum absolute atomic E-state index is 0.213. The van der Waals surface area contributed by atoms with Crippen LogP contribution < -0.4 is 0 Å². The first kappa shape index (κ1) is 15.6. The molecular weight excluding hydrogens is 245 g/mol. The second kappa shape index (κ2) is 6.66. The van der Waals surface area contributed by atoms with E-state index >= 15 is 0 Å². The number of benzene rings is 1.